The number of carbonyl (C=O) groups excluding carboxylic acids is 1. The molecule has 3 atom stereocenters. The number of carbonyl (C=O) groups is 1. The van der Waals surface area contributed by atoms with Crippen LogP contribution in [0.4, 0.5) is 0 Å². The highest BCUT2D eigenvalue weighted by molar-refractivity contribution is 7.47. The van der Waals surface area contributed by atoms with E-state index in [1.54, 1.807) is 6.08 Å². The Balaban J connectivity index is 4.55. The number of hydrogen-bond acceptors (Lipinski definition) is 5. The van der Waals surface area contributed by atoms with Crippen molar-refractivity contribution in [2.75, 3.05) is 40.9 Å². The standard InChI is InChI=1S/C41H77N2O6P/c1-6-8-10-12-14-16-18-20-21-23-25-27-29-31-33-35-41(45)42-39(38-49-50(46,47)48-37-36-43(3,4)5)40(44)34-32-30-28-26-24-22-19-17-15-13-11-9-7-2/h8,10,14,16,20-21,32,34,39-40,44H,6-7,9,11-13,15,17-19,22-31,33,35-38H2,1-5H3,(H-,42,45,46,47)/p+1/b10-8-,16-14-,21-20-,34-32+. The molecule has 1 amide bonds. The summed E-state index contributed by atoms with van der Waals surface area (Å²) in [5.74, 6) is -0.198. The molecule has 0 fully saturated rings. The van der Waals surface area contributed by atoms with E-state index in [0.29, 0.717) is 17.4 Å². The van der Waals surface area contributed by atoms with Gasteiger partial charge in [0.1, 0.15) is 13.2 Å². The molecule has 3 unspecified atom stereocenters. The van der Waals surface area contributed by atoms with Crippen LogP contribution in [-0.4, -0.2) is 73.4 Å². The zero-order valence-electron chi connectivity index (χ0n) is 32.9. The van der Waals surface area contributed by atoms with Crippen LogP contribution in [0.2, 0.25) is 0 Å². The van der Waals surface area contributed by atoms with Gasteiger partial charge in [0.05, 0.1) is 39.9 Å². The van der Waals surface area contributed by atoms with E-state index in [1.807, 2.05) is 27.2 Å². The van der Waals surface area contributed by atoms with Crippen LogP contribution in [0.15, 0.2) is 48.6 Å². The number of phosphoric acid groups is 1. The minimum absolute atomic E-state index is 0.0561. The molecule has 3 N–H and O–H groups in total. The molecule has 0 bridgehead atoms. The van der Waals surface area contributed by atoms with Gasteiger partial charge in [-0.15, -0.1) is 0 Å². The molecule has 0 heterocycles. The minimum atomic E-state index is -4.34. The van der Waals surface area contributed by atoms with Gasteiger partial charge in [-0.25, -0.2) is 4.57 Å². The fourth-order valence-corrected chi connectivity index (χ4v) is 6.08. The number of phosphoric ester groups is 1. The number of amides is 1. The molecule has 9 heteroatoms. The van der Waals surface area contributed by atoms with Gasteiger partial charge in [0.15, 0.2) is 0 Å². The Morgan fingerprint density at radius 2 is 1.20 bits per heavy atom. The second-order valence-corrected chi connectivity index (χ2v) is 16.1. The van der Waals surface area contributed by atoms with Gasteiger partial charge in [-0.05, 0) is 51.4 Å². The molecule has 0 saturated heterocycles. The zero-order chi connectivity index (χ0) is 37.2. The van der Waals surface area contributed by atoms with Crippen molar-refractivity contribution >= 4 is 13.7 Å². The van der Waals surface area contributed by atoms with Crippen LogP contribution in [0.3, 0.4) is 0 Å². The van der Waals surface area contributed by atoms with E-state index in [0.717, 1.165) is 77.0 Å². The van der Waals surface area contributed by atoms with Crippen molar-refractivity contribution in [3.63, 3.8) is 0 Å². The van der Waals surface area contributed by atoms with Gasteiger partial charge in [-0.1, -0.05) is 146 Å². The summed E-state index contributed by atoms with van der Waals surface area (Å²) in [4.78, 5) is 23.0. The number of allylic oxidation sites excluding steroid dienone is 7. The first-order chi connectivity index (χ1) is 24.0. The first-order valence-corrected chi connectivity index (χ1v) is 21.5. The van der Waals surface area contributed by atoms with Crippen molar-refractivity contribution in [2.45, 2.75) is 167 Å². The van der Waals surface area contributed by atoms with Crippen molar-refractivity contribution in [3.05, 3.63) is 48.6 Å². The SMILES string of the molecule is CC/C=C\C/C=C\C/C=C\CCCCCCCC(=O)NC(COP(=O)(O)OCC[N+](C)(C)C)C(O)/C=C/CCCCCCCCCCCCC. The Labute approximate surface area is 308 Å². The van der Waals surface area contributed by atoms with Crippen LogP contribution in [0, 0.1) is 0 Å². The van der Waals surface area contributed by atoms with E-state index in [2.05, 4.69) is 55.6 Å². The molecule has 0 spiro atoms. The lowest BCUT2D eigenvalue weighted by Gasteiger charge is -2.25. The lowest BCUT2D eigenvalue weighted by atomic mass is 10.0. The minimum Gasteiger partial charge on any atom is -0.387 e. The number of nitrogens with one attached hydrogen (secondary N) is 1. The van der Waals surface area contributed by atoms with Gasteiger partial charge in [0, 0.05) is 6.42 Å². The molecule has 0 rings (SSSR count). The number of aliphatic hydroxyl groups is 1. The van der Waals surface area contributed by atoms with Crippen molar-refractivity contribution in [2.24, 2.45) is 0 Å². The molecule has 50 heavy (non-hydrogen) atoms. The molecule has 0 aliphatic carbocycles. The highest BCUT2D eigenvalue weighted by Gasteiger charge is 2.27. The van der Waals surface area contributed by atoms with Crippen LogP contribution in [0.5, 0.6) is 0 Å². The first kappa shape index (κ1) is 48.5. The maximum absolute atomic E-state index is 12.8. The van der Waals surface area contributed by atoms with Gasteiger partial charge in [-0.2, -0.15) is 0 Å². The molecule has 8 nitrogen and oxygen atoms in total. The number of aliphatic hydroxyl groups excluding tert-OH is 1. The predicted octanol–water partition coefficient (Wildman–Crippen LogP) is 10.5. The Morgan fingerprint density at radius 3 is 1.76 bits per heavy atom. The lowest BCUT2D eigenvalue weighted by Crippen LogP contribution is -2.45. The molecule has 0 radical (unpaired) electrons. The second kappa shape index (κ2) is 33.3. The molecule has 0 aromatic carbocycles. The quantitative estimate of drug-likeness (QED) is 0.0260. The topological polar surface area (TPSA) is 105 Å². The van der Waals surface area contributed by atoms with E-state index in [9.17, 15) is 19.4 Å². The number of nitrogens with zero attached hydrogens (tertiary/aromatic N) is 1. The molecule has 0 aromatic rings. The van der Waals surface area contributed by atoms with E-state index < -0.39 is 20.0 Å². The summed E-state index contributed by atoms with van der Waals surface area (Å²) < 4.78 is 23.5. The monoisotopic (exact) mass is 726 g/mol. The van der Waals surface area contributed by atoms with Crippen LogP contribution >= 0.6 is 7.82 Å². The Hall–Kier alpha value is -1.54. The van der Waals surface area contributed by atoms with Gasteiger partial charge >= 0.3 is 7.82 Å². The third kappa shape index (κ3) is 34.9. The molecule has 0 saturated carbocycles. The Kier molecular flexibility index (Phi) is 32.3. The normalized spacial score (nSPS) is 15.1. The zero-order valence-corrected chi connectivity index (χ0v) is 33.8. The fraction of sp³-hybridized carbons (Fsp3) is 0.780. The Morgan fingerprint density at radius 1 is 0.700 bits per heavy atom. The molecular formula is C41H78N2O6P+. The average molecular weight is 726 g/mol. The van der Waals surface area contributed by atoms with E-state index >= 15 is 0 Å². The highest BCUT2D eigenvalue weighted by Crippen LogP contribution is 2.43. The smallest absolute Gasteiger partial charge is 0.387 e. The Bertz CT molecular complexity index is 959. The third-order valence-corrected chi connectivity index (χ3v) is 9.54. The van der Waals surface area contributed by atoms with Crippen molar-refractivity contribution < 1.29 is 32.9 Å². The number of rotatable bonds is 35. The highest BCUT2D eigenvalue weighted by atomic mass is 31.2. The maximum atomic E-state index is 12.8. The molecule has 0 aromatic heterocycles. The van der Waals surface area contributed by atoms with Crippen molar-refractivity contribution in [1.29, 1.82) is 0 Å². The number of quaternary nitrogens is 1. The maximum Gasteiger partial charge on any atom is 0.472 e. The van der Waals surface area contributed by atoms with Crippen LogP contribution < -0.4 is 5.32 Å². The largest absolute Gasteiger partial charge is 0.472 e. The molecule has 292 valence electrons. The summed E-state index contributed by atoms with van der Waals surface area (Å²) in [6, 6.07) is -0.854. The van der Waals surface area contributed by atoms with Crippen LogP contribution in [0.1, 0.15) is 155 Å². The summed E-state index contributed by atoms with van der Waals surface area (Å²) in [6.45, 7) is 4.66. The summed E-state index contributed by atoms with van der Waals surface area (Å²) in [6.07, 6.45) is 40.3. The van der Waals surface area contributed by atoms with Crippen molar-refractivity contribution in [3.8, 4) is 0 Å². The number of likely N-dealkylation sites (N-methyl/N-ethyl adjacent to an activating group) is 1. The van der Waals surface area contributed by atoms with Gasteiger partial charge in [-0.3, -0.25) is 13.8 Å². The summed E-state index contributed by atoms with van der Waals surface area (Å²) in [7, 11) is 1.55. The van der Waals surface area contributed by atoms with Crippen molar-refractivity contribution in [1.82, 2.24) is 5.32 Å². The average Bonchev–Trinajstić information content (AvgIpc) is 3.06. The summed E-state index contributed by atoms with van der Waals surface area (Å²) in [5, 5.41) is 13.8. The van der Waals surface area contributed by atoms with E-state index in [-0.39, 0.29) is 19.1 Å². The second-order valence-electron chi connectivity index (χ2n) is 14.6. The number of hydrogen-bond donors (Lipinski definition) is 3. The van der Waals surface area contributed by atoms with Gasteiger partial charge < -0.3 is 19.8 Å². The molecule has 0 aliphatic heterocycles. The van der Waals surface area contributed by atoms with Crippen LogP contribution in [0.25, 0.3) is 0 Å². The third-order valence-electron chi connectivity index (χ3n) is 8.55. The number of unbranched alkanes of at least 4 members (excludes halogenated alkanes) is 16. The predicted molar refractivity (Wildman–Crippen MR) is 212 cm³/mol. The first-order valence-electron chi connectivity index (χ1n) is 20.0. The van der Waals surface area contributed by atoms with E-state index in [1.165, 1.54) is 57.8 Å². The molecular weight excluding hydrogens is 647 g/mol. The van der Waals surface area contributed by atoms with Gasteiger partial charge in [0.2, 0.25) is 5.91 Å². The van der Waals surface area contributed by atoms with E-state index in [4.69, 9.17) is 9.05 Å². The molecule has 0 aliphatic rings. The lowest BCUT2D eigenvalue weighted by molar-refractivity contribution is -0.870. The van der Waals surface area contributed by atoms with Crippen LogP contribution in [-0.2, 0) is 18.4 Å². The summed E-state index contributed by atoms with van der Waals surface area (Å²) in [5.41, 5.74) is 0. The summed E-state index contributed by atoms with van der Waals surface area (Å²) >= 11 is 0. The fourth-order valence-electron chi connectivity index (χ4n) is 5.35. The van der Waals surface area contributed by atoms with Gasteiger partial charge in [0.25, 0.3) is 0 Å².